The molecule has 0 rings (SSSR count). The van der Waals surface area contributed by atoms with Crippen LogP contribution in [0, 0.1) is 0 Å². The van der Waals surface area contributed by atoms with Crippen molar-refractivity contribution >= 4 is 19.8 Å². The van der Waals surface area contributed by atoms with Crippen molar-refractivity contribution in [1.82, 2.24) is 0 Å². The third kappa shape index (κ3) is 31.7. The number of rotatable bonds is 29. The van der Waals surface area contributed by atoms with Crippen LogP contribution < -0.4 is 4.89 Å². The minimum absolute atomic E-state index is 0.0441. The predicted octanol–water partition coefficient (Wildman–Crippen LogP) is 7.93. The molecule has 0 saturated carbocycles. The molecule has 0 aliphatic rings. The standard InChI is InChI=1S/C36H62NO8P/c1-6-8-10-12-13-14-15-16-17-18-19-20-21-22-23-25-27-29-36(39)45-34(32-42-35(38)28-26-24-11-9-7-2)33-44-46(40,41)43-31-30-37(3,4)5/h8,10,13-14,16-17,19-20,22-23,34H,6-7,9,11-12,15,18,21,24-33H2,1-5H3/b10-8-,14-13-,17-16-,20-19-,23-22-. The number of carbonyl (C=O) groups is 2. The second-order valence-corrected chi connectivity index (χ2v) is 13.6. The van der Waals surface area contributed by atoms with Crippen molar-refractivity contribution in [3.8, 4) is 0 Å². The van der Waals surface area contributed by atoms with Crippen LogP contribution in [0.5, 0.6) is 0 Å². The fourth-order valence-electron chi connectivity index (χ4n) is 3.86. The number of nitrogens with zero attached hydrogens (tertiary/aromatic N) is 1. The van der Waals surface area contributed by atoms with E-state index in [0.29, 0.717) is 30.3 Å². The lowest BCUT2D eigenvalue weighted by Crippen LogP contribution is -2.37. The van der Waals surface area contributed by atoms with Crippen molar-refractivity contribution in [2.45, 2.75) is 110 Å². The highest BCUT2D eigenvalue weighted by molar-refractivity contribution is 7.45. The topological polar surface area (TPSA) is 111 Å². The Hall–Kier alpha value is -2.29. The van der Waals surface area contributed by atoms with Crippen molar-refractivity contribution in [3.63, 3.8) is 0 Å². The molecular weight excluding hydrogens is 605 g/mol. The Balaban J connectivity index is 4.53. The summed E-state index contributed by atoms with van der Waals surface area (Å²) in [4.78, 5) is 36.9. The molecule has 46 heavy (non-hydrogen) atoms. The van der Waals surface area contributed by atoms with Gasteiger partial charge in [-0.05, 0) is 51.4 Å². The molecular formula is C36H62NO8P. The summed E-state index contributed by atoms with van der Waals surface area (Å²) in [5, 5.41) is 0. The van der Waals surface area contributed by atoms with E-state index in [1.54, 1.807) is 0 Å². The van der Waals surface area contributed by atoms with Crippen molar-refractivity contribution in [2.75, 3.05) is 47.5 Å². The number of unbranched alkanes of at least 4 members (excludes halogenated alkanes) is 5. The van der Waals surface area contributed by atoms with E-state index < -0.39 is 32.5 Å². The molecule has 0 bridgehead atoms. The molecule has 0 aliphatic carbocycles. The first-order chi connectivity index (χ1) is 22.0. The Morgan fingerprint density at radius 2 is 1.24 bits per heavy atom. The first-order valence-corrected chi connectivity index (χ1v) is 18.5. The highest BCUT2D eigenvalue weighted by atomic mass is 31.2. The summed E-state index contributed by atoms with van der Waals surface area (Å²) in [5.41, 5.74) is 0. The molecule has 0 saturated heterocycles. The number of allylic oxidation sites excluding steroid dienone is 10. The zero-order valence-corrected chi connectivity index (χ0v) is 30.1. The Morgan fingerprint density at radius 1 is 0.696 bits per heavy atom. The minimum atomic E-state index is -4.62. The van der Waals surface area contributed by atoms with Crippen LogP contribution in [0.15, 0.2) is 60.8 Å². The number of hydrogen-bond acceptors (Lipinski definition) is 8. The maximum absolute atomic E-state index is 12.5. The molecule has 0 aromatic rings. The SMILES string of the molecule is CC/C=C\C/C=C\C/C=C\C/C=C\C/C=C\CCCC(=O)OC(COC(=O)CCCCCCC)COP(=O)([O-])OCC[N+](C)(C)C. The molecule has 0 heterocycles. The van der Waals surface area contributed by atoms with Crippen LogP contribution in [0.3, 0.4) is 0 Å². The summed E-state index contributed by atoms with van der Waals surface area (Å²) >= 11 is 0. The van der Waals surface area contributed by atoms with Gasteiger partial charge in [0, 0.05) is 12.8 Å². The van der Waals surface area contributed by atoms with Crippen LogP contribution in [0.2, 0.25) is 0 Å². The quantitative estimate of drug-likeness (QED) is 0.0260. The van der Waals surface area contributed by atoms with E-state index in [4.69, 9.17) is 18.5 Å². The lowest BCUT2D eigenvalue weighted by Gasteiger charge is -2.28. The minimum Gasteiger partial charge on any atom is -0.756 e. The summed E-state index contributed by atoms with van der Waals surface area (Å²) in [6.45, 7) is 3.90. The highest BCUT2D eigenvalue weighted by Crippen LogP contribution is 2.38. The Bertz CT molecular complexity index is 981. The number of phosphoric acid groups is 1. The van der Waals surface area contributed by atoms with Crippen LogP contribution >= 0.6 is 7.82 Å². The molecule has 9 nitrogen and oxygen atoms in total. The lowest BCUT2D eigenvalue weighted by molar-refractivity contribution is -0.870. The summed E-state index contributed by atoms with van der Waals surface area (Å²) in [5.74, 6) is -0.927. The van der Waals surface area contributed by atoms with E-state index in [1.807, 2.05) is 27.2 Å². The highest BCUT2D eigenvalue weighted by Gasteiger charge is 2.21. The summed E-state index contributed by atoms with van der Waals surface area (Å²) in [7, 11) is 1.11. The zero-order chi connectivity index (χ0) is 34.4. The van der Waals surface area contributed by atoms with E-state index in [2.05, 4.69) is 68.5 Å². The summed E-state index contributed by atoms with van der Waals surface area (Å²) in [6, 6.07) is 0. The molecule has 2 atom stereocenters. The maximum atomic E-state index is 12.5. The summed E-state index contributed by atoms with van der Waals surface area (Å²) < 4.78 is 33.4. The van der Waals surface area contributed by atoms with Crippen molar-refractivity contribution < 1.29 is 42.1 Å². The van der Waals surface area contributed by atoms with Crippen molar-refractivity contribution in [1.29, 1.82) is 0 Å². The third-order valence-electron chi connectivity index (χ3n) is 6.55. The first kappa shape index (κ1) is 43.7. The monoisotopic (exact) mass is 667 g/mol. The van der Waals surface area contributed by atoms with E-state index in [9.17, 15) is 19.0 Å². The van der Waals surface area contributed by atoms with Gasteiger partial charge in [0.2, 0.25) is 0 Å². The fraction of sp³-hybridized carbons (Fsp3) is 0.667. The van der Waals surface area contributed by atoms with Crippen molar-refractivity contribution in [2.24, 2.45) is 0 Å². The molecule has 2 unspecified atom stereocenters. The molecule has 0 fully saturated rings. The van der Waals surface area contributed by atoms with Gasteiger partial charge in [-0.2, -0.15) is 0 Å². The van der Waals surface area contributed by atoms with Gasteiger partial charge in [0.25, 0.3) is 7.82 Å². The Kier molecular flexibility index (Phi) is 27.5. The number of carbonyl (C=O) groups excluding carboxylic acids is 2. The third-order valence-corrected chi connectivity index (χ3v) is 7.52. The average Bonchev–Trinajstić information content (AvgIpc) is 2.99. The van der Waals surface area contributed by atoms with Gasteiger partial charge in [-0.1, -0.05) is 100 Å². The Morgan fingerprint density at radius 3 is 1.80 bits per heavy atom. The van der Waals surface area contributed by atoms with Crippen molar-refractivity contribution in [3.05, 3.63) is 60.8 Å². The van der Waals surface area contributed by atoms with Gasteiger partial charge in [-0.3, -0.25) is 14.2 Å². The number of ether oxygens (including phenoxy) is 2. The molecule has 0 aromatic heterocycles. The van der Waals surface area contributed by atoms with Gasteiger partial charge in [0.05, 0.1) is 27.7 Å². The van der Waals surface area contributed by atoms with Gasteiger partial charge >= 0.3 is 11.9 Å². The normalized spacial score (nSPS) is 14.7. The van der Waals surface area contributed by atoms with Crippen LogP contribution in [-0.2, 0) is 32.7 Å². The van der Waals surface area contributed by atoms with E-state index >= 15 is 0 Å². The van der Waals surface area contributed by atoms with Crippen LogP contribution in [0.25, 0.3) is 0 Å². The second-order valence-electron chi connectivity index (χ2n) is 12.1. The number of esters is 2. The summed E-state index contributed by atoms with van der Waals surface area (Å²) in [6.07, 6.45) is 31.6. The molecule has 0 spiro atoms. The van der Waals surface area contributed by atoms with Gasteiger partial charge < -0.3 is 27.9 Å². The number of phosphoric ester groups is 1. The van der Waals surface area contributed by atoms with Gasteiger partial charge in [0.15, 0.2) is 6.10 Å². The number of quaternary nitrogens is 1. The van der Waals surface area contributed by atoms with E-state index in [1.165, 1.54) is 0 Å². The van der Waals surface area contributed by atoms with Crippen LogP contribution in [0.4, 0.5) is 0 Å². The smallest absolute Gasteiger partial charge is 0.306 e. The lowest BCUT2D eigenvalue weighted by atomic mass is 10.1. The van der Waals surface area contributed by atoms with E-state index in [-0.39, 0.29) is 26.1 Å². The average molecular weight is 668 g/mol. The predicted molar refractivity (Wildman–Crippen MR) is 185 cm³/mol. The molecule has 0 N–H and O–H groups in total. The molecule has 0 radical (unpaired) electrons. The molecule has 10 heteroatoms. The Labute approximate surface area is 279 Å². The molecule has 0 amide bonds. The number of hydrogen-bond donors (Lipinski definition) is 0. The van der Waals surface area contributed by atoms with E-state index in [0.717, 1.165) is 57.8 Å². The maximum Gasteiger partial charge on any atom is 0.306 e. The molecule has 0 aliphatic heterocycles. The first-order valence-electron chi connectivity index (χ1n) is 17.0. The second kappa shape index (κ2) is 28.9. The fourth-order valence-corrected chi connectivity index (χ4v) is 4.59. The largest absolute Gasteiger partial charge is 0.756 e. The number of likely N-dealkylation sites (N-methyl/N-ethyl adjacent to an activating group) is 1. The van der Waals surface area contributed by atoms with Gasteiger partial charge in [-0.25, -0.2) is 0 Å². The molecule has 0 aromatic carbocycles. The zero-order valence-electron chi connectivity index (χ0n) is 29.2. The van der Waals surface area contributed by atoms with Crippen LogP contribution in [-0.4, -0.2) is 70.0 Å². The van der Waals surface area contributed by atoms with Gasteiger partial charge in [-0.15, -0.1) is 0 Å². The van der Waals surface area contributed by atoms with Gasteiger partial charge in [0.1, 0.15) is 19.8 Å². The molecule has 264 valence electrons. The van der Waals surface area contributed by atoms with Crippen LogP contribution in [0.1, 0.15) is 104 Å².